The zero-order valence-corrected chi connectivity index (χ0v) is 16.0. The highest BCUT2D eigenvalue weighted by Crippen LogP contribution is 2.17. The fraction of sp³-hybridized carbons (Fsp3) is 0.550. The lowest BCUT2D eigenvalue weighted by Gasteiger charge is -2.38. The third kappa shape index (κ3) is 4.41. The molecule has 1 aliphatic heterocycles. The molecule has 2 atom stereocenters. The van der Waals surface area contributed by atoms with Gasteiger partial charge in [0.15, 0.2) is 0 Å². The van der Waals surface area contributed by atoms with Crippen LogP contribution in [-0.2, 0) is 4.79 Å². The van der Waals surface area contributed by atoms with E-state index in [-0.39, 0.29) is 23.8 Å². The van der Waals surface area contributed by atoms with Crippen molar-refractivity contribution in [1.29, 1.82) is 5.26 Å². The smallest absolute Gasteiger partial charge is 0.253 e. The third-order valence-corrected chi connectivity index (χ3v) is 5.32. The molecule has 0 radical (unpaired) electrons. The summed E-state index contributed by atoms with van der Waals surface area (Å²) in [4.78, 5) is 29.0. The number of nitriles is 1. The Balaban J connectivity index is 1.92. The lowest BCUT2D eigenvalue weighted by molar-refractivity contribution is -0.128. The number of piperazine rings is 1. The number of nitrogens with one attached hydrogen (secondary N) is 1. The summed E-state index contributed by atoms with van der Waals surface area (Å²) in [6.07, 6.45) is 0. The molecular weight excluding hydrogens is 328 g/mol. The lowest BCUT2D eigenvalue weighted by atomic mass is 9.89. The van der Waals surface area contributed by atoms with Crippen LogP contribution in [0.5, 0.6) is 0 Å². The zero-order valence-electron chi connectivity index (χ0n) is 16.0. The maximum Gasteiger partial charge on any atom is 0.253 e. The second-order valence-electron chi connectivity index (χ2n) is 7.33. The largest absolute Gasteiger partial charge is 0.336 e. The number of hydrogen-bond acceptors (Lipinski definition) is 4. The highest BCUT2D eigenvalue weighted by molar-refractivity contribution is 5.94. The van der Waals surface area contributed by atoms with E-state index in [4.69, 9.17) is 0 Å². The van der Waals surface area contributed by atoms with E-state index in [1.54, 1.807) is 6.92 Å². The average molecular weight is 356 g/mol. The van der Waals surface area contributed by atoms with Gasteiger partial charge in [-0.25, -0.2) is 0 Å². The molecule has 6 heteroatoms. The second-order valence-corrected chi connectivity index (χ2v) is 7.33. The Bertz CT molecular complexity index is 675. The maximum absolute atomic E-state index is 12.6. The molecule has 1 fully saturated rings. The molecule has 1 aliphatic rings. The standard InChI is InChI=1S/C20H28N4O2/c1-15(2)20(4,14-21)22-18(25)16(3)23-10-12-24(13-11-23)19(26)17-8-6-5-7-9-17/h5-9,15-16H,10-13H2,1-4H3,(H,22,25)/t16-,20+/m1/s1. The molecule has 6 nitrogen and oxygen atoms in total. The van der Waals surface area contributed by atoms with Gasteiger partial charge in [-0.05, 0) is 31.9 Å². The molecule has 1 heterocycles. The predicted octanol–water partition coefficient (Wildman–Crippen LogP) is 1.89. The first-order valence-electron chi connectivity index (χ1n) is 9.10. The van der Waals surface area contributed by atoms with Crippen LogP contribution in [0.15, 0.2) is 30.3 Å². The van der Waals surface area contributed by atoms with Gasteiger partial charge in [-0.1, -0.05) is 32.0 Å². The van der Waals surface area contributed by atoms with E-state index in [2.05, 4.69) is 16.3 Å². The van der Waals surface area contributed by atoms with Gasteiger partial charge in [0.25, 0.3) is 5.91 Å². The summed E-state index contributed by atoms with van der Waals surface area (Å²) < 4.78 is 0. The Kier molecular flexibility index (Phi) is 6.38. The van der Waals surface area contributed by atoms with E-state index in [1.807, 2.05) is 56.0 Å². The van der Waals surface area contributed by atoms with Crippen molar-refractivity contribution in [2.24, 2.45) is 5.92 Å². The fourth-order valence-corrected chi connectivity index (χ4v) is 2.90. The first-order chi connectivity index (χ1) is 12.3. The maximum atomic E-state index is 12.6. The van der Waals surface area contributed by atoms with Crippen molar-refractivity contribution in [2.45, 2.75) is 39.3 Å². The van der Waals surface area contributed by atoms with E-state index >= 15 is 0 Å². The first kappa shape index (κ1) is 19.9. The van der Waals surface area contributed by atoms with Crippen molar-refractivity contribution in [3.63, 3.8) is 0 Å². The summed E-state index contributed by atoms with van der Waals surface area (Å²) in [5, 5.41) is 12.3. The van der Waals surface area contributed by atoms with Gasteiger partial charge in [-0.3, -0.25) is 14.5 Å². The van der Waals surface area contributed by atoms with E-state index in [9.17, 15) is 14.9 Å². The molecule has 2 rings (SSSR count). The predicted molar refractivity (Wildman–Crippen MR) is 100 cm³/mol. The Morgan fingerprint density at radius 2 is 1.69 bits per heavy atom. The highest BCUT2D eigenvalue weighted by Gasteiger charge is 2.34. The molecule has 1 N–H and O–H groups in total. The van der Waals surface area contributed by atoms with Crippen LogP contribution in [0.3, 0.4) is 0 Å². The van der Waals surface area contributed by atoms with Crippen molar-refractivity contribution in [1.82, 2.24) is 15.1 Å². The van der Waals surface area contributed by atoms with Crippen LogP contribution in [-0.4, -0.2) is 59.4 Å². The molecule has 0 spiro atoms. The Hall–Kier alpha value is -2.39. The molecule has 1 aromatic carbocycles. The number of benzene rings is 1. The van der Waals surface area contributed by atoms with Crippen LogP contribution in [0.2, 0.25) is 0 Å². The fourth-order valence-electron chi connectivity index (χ4n) is 2.90. The molecule has 0 saturated carbocycles. The van der Waals surface area contributed by atoms with E-state index in [1.165, 1.54) is 0 Å². The van der Waals surface area contributed by atoms with Crippen molar-refractivity contribution < 1.29 is 9.59 Å². The number of hydrogen-bond donors (Lipinski definition) is 1. The van der Waals surface area contributed by atoms with E-state index in [0.717, 1.165) is 0 Å². The van der Waals surface area contributed by atoms with Gasteiger partial charge in [0, 0.05) is 31.7 Å². The minimum Gasteiger partial charge on any atom is -0.336 e. The van der Waals surface area contributed by atoms with Crippen LogP contribution >= 0.6 is 0 Å². The first-order valence-corrected chi connectivity index (χ1v) is 9.10. The minimum atomic E-state index is -0.879. The Morgan fingerprint density at radius 1 is 1.12 bits per heavy atom. The second kappa shape index (κ2) is 8.33. The normalized spacial score (nSPS) is 18.7. The van der Waals surface area contributed by atoms with E-state index < -0.39 is 5.54 Å². The summed E-state index contributed by atoms with van der Waals surface area (Å²) >= 11 is 0. The molecule has 2 amide bonds. The monoisotopic (exact) mass is 356 g/mol. The average Bonchev–Trinajstić information content (AvgIpc) is 2.67. The molecular formula is C20H28N4O2. The van der Waals surface area contributed by atoms with Crippen LogP contribution in [0.25, 0.3) is 0 Å². The SMILES string of the molecule is CC(C)[C@](C)(C#N)NC(=O)[C@@H](C)N1CCN(C(=O)c2ccccc2)CC1. The van der Waals surface area contributed by atoms with Crippen LogP contribution < -0.4 is 5.32 Å². The summed E-state index contributed by atoms with van der Waals surface area (Å²) in [5.74, 6) is -0.103. The number of carbonyl (C=O) groups excluding carboxylic acids is 2. The quantitative estimate of drug-likeness (QED) is 0.874. The van der Waals surface area contributed by atoms with Crippen molar-refractivity contribution in [3.05, 3.63) is 35.9 Å². The van der Waals surface area contributed by atoms with Crippen LogP contribution in [0, 0.1) is 17.2 Å². The molecule has 140 valence electrons. The molecule has 0 aliphatic carbocycles. The van der Waals surface area contributed by atoms with Gasteiger partial charge in [-0.15, -0.1) is 0 Å². The summed E-state index contributed by atoms with van der Waals surface area (Å²) in [7, 11) is 0. The summed E-state index contributed by atoms with van der Waals surface area (Å²) in [6.45, 7) is 9.89. The Labute approximate surface area is 155 Å². The number of rotatable bonds is 5. The molecule has 1 aromatic rings. The number of nitrogens with zero attached hydrogens (tertiary/aromatic N) is 3. The van der Waals surface area contributed by atoms with Crippen LogP contribution in [0.1, 0.15) is 38.1 Å². The molecule has 26 heavy (non-hydrogen) atoms. The van der Waals surface area contributed by atoms with Gasteiger partial charge >= 0.3 is 0 Å². The van der Waals surface area contributed by atoms with Gasteiger partial charge < -0.3 is 10.2 Å². The van der Waals surface area contributed by atoms with Gasteiger partial charge in [0.1, 0.15) is 5.54 Å². The molecule has 0 unspecified atom stereocenters. The highest BCUT2D eigenvalue weighted by atomic mass is 16.2. The number of carbonyl (C=O) groups is 2. The van der Waals surface area contributed by atoms with Gasteiger partial charge in [0.05, 0.1) is 12.1 Å². The third-order valence-electron chi connectivity index (χ3n) is 5.32. The molecule has 0 aromatic heterocycles. The molecule has 1 saturated heterocycles. The topological polar surface area (TPSA) is 76.4 Å². The summed E-state index contributed by atoms with van der Waals surface area (Å²) in [6, 6.07) is 11.1. The van der Waals surface area contributed by atoms with Gasteiger partial charge in [0.2, 0.25) is 5.91 Å². The molecule has 0 bridgehead atoms. The zero-order chi connectivity index (χ0) is 19.3. The van der Waals surface area contributed by atoms with Crippen molar-refractivity contribution >= 4 is 11.8 Å². The lowest BCUT2D eigenvalue weighted by Crippen LogP contribution is -2.58. The Morgan fingerprint density at radius 3 is 2.19 bits per heavy atom. The van der Waals surface area contributed by atoms with E-state index in [0.29, 0.717) is 31.7 Å². The minimum absolute atomic E-state index is 0.0176. The van der Waals surface area contributed by atoms with Crippen LogP contribution in [0.4, 0.5) is 0 Å². The van der Waals surface area contributed by atoms with Crippen molar-refractivity contribution in [2.75, 3.05) is 26.2 Å². The number of amides is 2. The van der Waals surface area contributed by atoms with Crippen molar-refractivity contribution in [3.8, 4) is 6.07 Å². The summed E-state index contributed by atoms with van der Waals surface area (Å²) in [5.41, 5.74) is -0.190. The van der Waals surface area contributed by atoms with Gasteiger partial charge in [-0.2, -0.15) is 5.26 Å².